The van der Waals surface area contributed by atoms with E-state index in [4.69, 9.17) is 11.6 Å². The highest BCUT2D eigenvalue weighted by atomic mass is 35.5. The Hall–Kier alpha value is -0.590. The molecule has 1 aromatic rings. The van der Waals surface area contributed by atoms with Crippen molar-refractivity contribution in [2.45, 2.75) is 13.5 Å². The number of alkyl halides is 1. The first-order valence-electron chi connectivity index (χ1n) is 4.55. The summed E-state index contributed by atoms with van der Waals surface area (Å²) in [4.78, 5) is 6.72. The van der Waals surface area contributed by atoms with Crippen LogP contribution in [0.4, 0.5) is 0 Å². The molecule has 0 amide bonds. The molecule has 0 spiro atoms. The Balaban J connectivity index is 2.43. The second kappa shape index (κ2) is 5.48. The Kier molecular flexibility index (Phi) is 4.56. The molecule has 1 atom stereocenters. The van der Waals surface area contributed by atoms with Gasteiger partial charge in [-0.25, -0.2) is 18.1 Å². The van der Waals surface area contributed by atoms with Gasteiger partial charge < -0.3 is 4.98 Å². The molecule has 1 aromatic heterocycles. The zero-order chi connectivity index (χ0) is 11.3. The van der Waals surface area contributed by atoms with Crippen molar-refractivity contribution in [2.75, 3.05) is 11.6 Å². The number of rotatable bonds is 6. The van der Waals surface area contributed by atoms with Gasteiger partial charge in [0.25, 0.3) is 0 Å². The summed E-state index contributed by atoms with van der Waals surface area (Å²) in [5, 5.41) is 0. The first-order chi connectivity index (χ1) is 7.03. The highest BCUT2D eigenvalue weighted by molar-refractivity contribution is 7.89. The Labute approximate surface area is 94.3 Å². The van der Waals surface area contributed by atoms with E-state index in [0.717, 1.165) is 0 Å². The van der Waals surface area contributed by atoms with Crippen LogP contribution in [0.2, 0.25) is 0 Å². The summed E-state index contributed by atoms with van der Waals surface area (Å²) in [6, 6.07) is 0. The molecule has 0 bridgehead atoms. The van der Waals surface area contributed by atoms with Crippen molar-refractivity contribution >= 4 is 21.6 Å². The maximum absolute atomic E-state index is 11.5. The van der Waals surface area contributed by atoms with Crippen molar-refractivity contribution in [1.29, 1.82) is 0 Å². The summed E-state index contributed by atoms with van der Waals surface area (Å²) in [5.41, 5.74) is 0. The average Bonchev–Trinajstić information content (AvgIpc) is 2.66. The third-order valence-corrected chi connectivity index (χ3v) is 3.90. The van der Waals surface area contributed by atoms with Crippen LogP contribution in [0.5, 0.6) is 0 Å². The maximum atomic E-state index is 11.5. The van der Waals surface area contributed by atoms with Crippen LogP contribution >= 0.6 is 11.6 Å². The number of nitrogens with zero attached hydrogens (tertiary/aromatic N) is 1. The molecule has 0 aliphatic heterocycles. The lowest BCUT2D eigenvalue weighted by Gasteiger charge is -2.08. The average molecular weight is 252 g/mol. The molecule has 86 valence electrons. The number of imidazole rings is 1. The Morgan fingerprint density at radius 3 is 2.93 bits per heavy atom. The van der Waals surface area contributed by atoms with Crippen LogP contribution in [-0.4, -0.2) is 30.0 Å². The Bertz CT molecular complexity index is 377. The minimum Gasteiger partial charge on any atom is -0.347 e. The van der Waals surface area contributed by atoms with E-state index >= 15 is 0 Å². The van der Waals surface area contributed by atoms with Gasteiger partial charge in [0.1, 0.15) is 5.82 Å². The second-order valence-electron chi connectivity index (χ2n) is 3.40. The van der Waals surface area contributed by atoms with Gasteiger partial charge in [0, 0.05) is 18.3 Å². The number of nitrogens with one attached hydrogen (secondary N) is 2. The highest BCUT2D eigenvalue weighted by Crippen LogP contribution is 2.02. The molecule has 1 rings (SSSR count). The Morgan fingerprint density at radius 2 is 2.40 bits per heavy atom. The standard InChI is InChI=1S/C8H14ClN3O2S/c1-7(4-9)6-15(13,14)12-5-8-10-2-3-11-8/h2-3,7,12H,4-6H2,1H3,(H,10,11). The maximum Gasteiger partial charge on any atom is 0.212 e. The molecule has 0 saturated carbocycles. The van der Waals surface area contributed by atoms with Gasteiger partial charge in [-0.05, 0) is 5.92 Å². The largest absolute Gasteiger partial charge is 0.347 e. The first kappa shape index (κ1) is 12.5. The summed E-state index contributed by atoms with van der Waals surface area (Å²) in [6.07, 6.45) is 3.22. The van der Waals surface area contributed by atoms with E-state index in [9.17, 15) is 8.42 Å². The van der Waals surface area contributed by atoms with Crippen LogP contribution in [-0.2, 0) is 16.6 Å². The number of halogens is 1. The SMILES string of the molecule is CC(CCl)CS(=O)(=O)NCc1ncc[nH]1. The van der Waals surface area contributed by atoms with Crippen LogP contribution < -0.4 is 4.72 Å². The van der Waals surface area contributed by atoms with Gasteiger partial charge in [0.15, 0.2) is 0 Å². The smallest absolute Gasteiger partial charge is 0.212 e. The van der Waals surface area contributed by atoms with Crippen molar-refractivity contribution in [2.24, 2.45) is 5.92 Å². The van der Waals surface area contributed by atoms with E-state index in [2.05, 4.69) is 14.7 Å². The fourth-order valence-electron chi connectivity index (χ4n) is 1.05. The molecule has 2 N–H and O–H groups in total. The van der Waals surface area contributed by atoms with Crippen LogP contribution in [0.15, 0.2) is 12.4 Å². The van der Waals surface area contributed by atoms with E-state index in [-0.39, 0.29) is 18.2 Å². The van der Waals surface area contributed by atoms with E-state index in [1.165, 1.54) is 0 Å². The van der Waals surface area contributed by atoms with E-state index < -0.39 is 10.0 Å². The molecule has 5 nitrogen and oxygen atoms in total. The van der Waals surface area contributed by atoms with Gasteiger partial charge in [-0.15, -0.1) is 11.6 Å². The molecule has 0 saturated heterocycles. The highest BCUT2D eigenvalue weighted by Gasteiger charge is 2.14. The summed E-state index contributed by atoms with van der Waals surface area (Å²) < 4.78 is 25.4. The number of hydrogen-bond donors (Lipinski definition) is 2. The predicted molar refractivity (Wildman–Crippen MR) is 59.1 cm³/mol. The van der Waals surface area contributed by atoms with Crippen LogP contribution in [0, 0.1) is 5.92 Å². The van der Waals surface area contributed by atoms with Crippen molar-refractivity contribution in [3.05, 3.63) is 18.2 Å². The molecule has 0 fully saturated rings. The van der Waals surface area contributed by atoms with Crippen molar-refractivity contribution in [1.82, 2.24) is 14.7 Å². The van der Waals surface area contributed by atoms with Crippen LogP contribution in [0.25, 0.3) is 0 Å². The molecule has 7 heteroatoms. The third-order valence-electron chi connectivity index (χ3n) is 1.78. The zero-order valence-corrected chi connectivity index (χ0v) is 9.98. The molecule has 0 aliphatic rings. The van der Waals surface area contributed by atoms with E-state index in [1.807, 2.05) is 0 Å². The summed E-state index contributed by atoms with van der Waals surface area (Å²) in [6.45, 7) is 1.98. The molecule has 0 aliphatic carbocycles. The third kappa shape index (κ3) is 4.63. The topological polar surface area (TPSA) is 74.8 Å². The van der Waals surface area contributed by atoms with Crippen molar-refractivity contribution in [3.63, 3.8) is 0 Å². The zero-order valence-electron chi connectivity index (χ0n) is 8.40. The number of hydrogen-bond acceptors (Lipinski definition) is 3. The number of H-pyrrole nitrogens is 1. The van der Waals surface area contributed by atoms with Gasteiger partial charge >= 0.3 is 0 Å². The molecular weight excluding hydrogens is 238 g/mol. The molecule has 1 heterocycles. The normalized spacial score (nSPS) is 14.0. The predicted octanol–water partition coefficient (Wildman–Crippen LogP) is 0.704. The number of aromatic amines is 1. The number of sulfonamides is 1. The van der Waals surface area contributed by atoms with Crippen LogP contribution in [0.3, 0.4) is 0 Å². The first-order valence-corrected chi connectivity index (χ1v) is 6.73. The second-order valence-corrected chi connectivity index (χ2v) is 5.56. The van der Waals surface area contributed by atoms with Gasteiger partial charge in [-0.2, -0.15) is 0 Å². The monoisotopic (exact) mass is 251 g/mol. The lowest BCUT2D eigenvalue weighted by Crippen LogP contribution is -2.29. The molecule has 0 aromatic carbocycles. The van der Waals surface area contributed by atoms with Gasteiger partial charge in [0.2, 0.25) is 10.0 Å². The van der Waals surface area contributed by atoms with Crippen LogP contribution in [0.1, 0.15) is 12.7 Å². The summed E-state index contributed by atoms with van der Waals surface area (Å²) in [5.74, 6) is 0.914. The summed E-state index contributed by atoms with van der Waals surface area (Å²) >= 11 is 5.55. The number of aromatic nitrogens is 2. The lowest BCUT2D eigenvalue weighted by molar-refractivity contribution is 0.567. The lowest BCUT2D eigenvalue weighted by atomic mass is 10.3. The van der Waals surface area contributed by atoms with Gasteiger partial charge in [0.05, 0.1) is 12.3 Å². The fourth-order valence-corrected chi connectivity index (χ4v) is 2.63. The quantitative estimate of drug-likeness (QED) is 0.731. The van der Waals surface area contributed by atoms with E-state index in [0.29, 0.717) is 11.7 Å². The minimum atomic E-state index is -3.26. The molecule has 15 heavy (non-hydrogen) atoms. The minimum absolute atomic E-state index is 0.0389. The van der Waals surface area contributed by atoms with Crippen molar-refractivity contribution in [3.8, 4) is 0 Å². The molecular formula is C8H14ClN3O2S. The van der Waals surface area contributed by atoms with E-state index in [1.54, 1.807) is 19.3 Å². The summed E-state index contributed by atoms with van der Waals surface area (Å²) in [7, 11) is -3.26. The Morgan fingerprint density at radius 1 is 1.67 bits per heavy atom. The molecule has 1 unspecified atom stereocenters. The fraction of sp³-hybridized carbons (Fsp3) is 0.625. The van der Waals surface area contributed by atoms with Gasteiger partial charge in [-0.1, -0.05) is 6.92 Å². The van der Waals surface area contributed by atoms with Gasteiger partial charge in [-0.3, -0.25) is 0 Å². The van der Waals surface area contributed by atoms with Crippen molar-refractivity contribution < 1.29 is 8.42 Å². The molecule has 0 radical (unpaired) electrons.